The van der Waals surface area contributed by atoms with Gasteiger partial charge in [0.05, 0.1) is 41.4 Å². The van der Waals surface area contributed by atoms with E-state index in [0.717, 1.165) is 33.1 Å². The third kappa shape index (κ3) is 2.31. The summed E-state index contributed by atoms with van der Waals surface area (Å²) in [5.41, 5.74) is 5.00. The van der Waals surface area contributed by atoms with Crippen LogP contribution in [-0.2, 0) is 10.0 Å². The van der Waals surface area contributed by atoms with Gasteiger partial charge in [-0.1, -0.05) is 6.07 Å². The fourth-order valence-electron chi connectivity index (χ4n) is 6.98. The summed E-state index contributed by atoms with van der Waals surface area (Å²) in [4.78, 5) is 0. The quantitative estimate of drug-likeness (QED) is 0.498. The van der Waals surface area contributed by atoms with E-state index in [9.17, 15) is 8.42 Å². The maximum absolute atomic E-state index is 13.3. The molecule has 158 valence electrons. The van der Waals surface area contributed by atoms with E-state index < -0.39 is 10.0 Å². The number of rotatable bonds is 2. The molecule has 2 fully saturated rings. The predicted molar refractivity (Wildman–Crippen MR) is 119 cm³/mol. The van der Waals surface area contributed by atoms with E-state index in [1.807, 2.05) is 30.6 Å². The minimum absolute atomic E-state index is 0.202. The Morgan fingerprint density at radius 1 is 1.00 bits per heavy atom. The molecule has 4 aromatic rings. The normalized spacial score (nSPS) is 29.6. The molecule has 7 rings (SSSR count). The third-order valence-electron chi connectivity index (χ3n) is 7.97. The number of aromatic amines is 2. The van der Waals surface area contributed by atoms with Crippen molar-refractivity contribution < 1.29 is 8.42 Å². The maximum atomic E-state index is 13.3. The smallest absolute Gasteiger partial charge is 0.232 e. The predicted octanol–water partition coefficient (Wildman–Crippen LogP) is 4.09. The van der Waals surface area contributed by atoms with E-state index in [-0.39, 0.29) is 12.0 Å². The Balaban J connectivity index is 1.54. The van der Waals surface area contributed by atoms with Gasteiger partial charge in [0, 0.05) is 10.8 Å². The molecule has 2 N–H and O–H groups in total. The van der Waals surface area contributed by atoms with Gasteiger partial charge in [-0.25, -0.2) is 8.42 Å². The van der Waals surface area contributed by atoms with Crippen LogP contribution in [0.1, 0.15) is 42.3 Å². The first kappa shape index (κ1) is 17.8. The Morgan fingerprint density at radius 3 is 2.65 bits per heavy atom. The monoisotopic (exact) mass is 433 g/mol. The Morgan fingerprint density at radius 2 is 1.77 bits per heavy atom. The number of aromatic nitrogens is 4. The molecule has 5 atom stereocenters. The molecule has 1 aliphatic heterocycles. The molecule has 3 aliphatic rings. The SMILES string of the molecule is CS(=O)(=O)N1c2ccc3[nH]ncc3c2[C@H]2C3CCC(C3)[C@H]2[C@@H]1c1ccc2[nH]ncc2c1. The van der Waals surface area contributed by atoms with Crippen molar-refractivity contribution in [1.29, 1.82) is 0 Å². The molecule has 3 heterocycles. The van der Waals surface area contributed by atoms with Crippen molar-refractivity contribution in [3.8, 4) is 0 Å². The minimum atomic E-state index is -3.50. The molecule has 0 radical (unpaired) electrons. The Kier molecular flexibility index (Phi) is 3.37. The van der Waals surface area contributed by atoms with E-state index in [1.54, 1.807) is 4.31 Å². The lowest BCUT2D eigenvalue weighted by atomic mass is 9.67. The first-order valence-corrected chi connectivity index (χ1v) is 12.7. The van der Waals surface area contributed by atoms with Gasteiger partial charge in [-0.05, 0) is 78.3 Å². The zero-order valence-corrected chi connectivity index (χ0v) is 17.9. The lowest BCUT2D eigenvalue weighted by Crippen LogP contribution is -2.46. The van der Waals surface area contributed by atoms with E-state index in [1.165, 1.54) is 31.1 Å². The molecule has 2 aromatic heterocycles. The number of nitrogens with zero attached hydrogens (tertiary/aromatic N) is 3. The molecular weight excluding hydrogens is 410 g/mol. The van der Waals surface area contributed by atoms with Gasteiger partial charge < -0.3 is 0 Å². The van der Waals surface area contributed by atoms with Gasteiger partial charge >= 0.3 is 0 Å². The first-order valence-electron chi connectivity index (χ1n) is 10.9. The highest BCUT2D eigenvalue weighted by Crippen LogP contribution is 2.66. The van der Waals surface area contributed by atoms with E-state index in [2.05, 4.69) is 32.5 Å². The van der Waals surface area contributed by atoms with Gasteiger partial charge in [0.1, 0.15) is 0 Å². The number of H-pyrrole nitrogens is 2. The second kappa shape index (κ2) is 5.88. The topological polar surface area (TPSA) is 94.7 Å². The van der Waals surface area contributed by atoms with Crippen LogP contribution in [0.15, 0.2) is 42.7 Å². The number of sulfonamides is 1. The highest BCUT2D eigenvalue weighted by atomic mass is 32.2. The fraction of sp³-hybridized carbons (Fsp3) is 0.391. The van der Waals surface area contributed by atoms with Crippen molar-refractivity contribution in [1.82, 2.24) is 20.4 Å². The molecule has 0 spiro atoms. The lowest BCUT2D eigenvalue weighted by Gasteiger charge is -2.48. The van der Waals surface area contributed by atoms with Crippen LogP contribution in [0.3, 0.4) is 0 Å². The molecule has 2 aliphatic carbocycles. The van der Waals surface area contributed by atoms with E-state index in [4.69, 9.17) is 0 Å². The molecule has 2 bridgehead atoms. The van der Waals surface area contributed by atoms with E-state index >= 15 is 0 Å². The third-order valence-corrected chi connectivity index (χ3v) is 9.11. The average Bonchev–Trinajstić information content (AvgIpc) is 3.54. The zero-order chi connectivity index (χ0) is 20.9. The molecular formula is C23H23N5O2S. The summed E-state index contributed by atoms with van der Waals surface area (Å²) >= 11 is 0. The Bertz CT molecular complexity index is 1460. The summed E-state index contributed by atoms with van der Waals surface area (Å²) in [5.74, 6) is 1.78. The van der Waals surface area contributed by atoms with Crippen LogP contribution < -0.4 is 4.31 Å². The second-order valence-corrected chi connectivity index (χ2v) is 11.3. The van der Waals surface area contributed by atoms with Gasteiger partial charge in [0.2, 0.25) is 10.0 Å². The summed E-state index contributed by atoms with van der Waals surface area (Å²) in [5, 5.41) is 16.6. The van der Waals surface area contributed by atoms with Crippen LogP contribution >= 0.6 is 0 Å². The van der Waals surface area contributed by atoms with Gasteiger partial charge in [0.25, 0.3) is 0 Å². The van der Waals surface area contributed by atoms with Crippen molar-refractivity contribution in [3.63, 3.8) is 0 Å². The number of hydrogen-bond acceptors (Lipinski definition) is 4. The van der Waals surface area contributed by atoms with Gasteiger partial charge in [-0.2, -0.15) is 10.2 Å². The fourth-order valence-corrected chi connectivity index (χ4v) is 8.17. The van der Waals surface area contributed by atoms with Gasteiger partial charge in [-0.3, -0.25) is 14.5 Å². The van der Waals surface area contributed by atoms with Crippen molar-refractivity contribution in [3.05, 3.63) is 53.9 Å². The second-order valence-electron chi connectivity index (χ2n) is 9.49. The molecule has 2 aromatic carbocycles. The Hall–Kier alpha value is -2.87. The lowest BCUT2D eigenvalue weighted by molar-refractivity contribution is 0.238. The first-order chi connectivity index (χ1) is 15.0. The number of anilines is 1. The van der Waals surface area contributed by atoms with Crippen molar-refractivity contribution in [2.75, 3.05) is 10.6 Å². The van der Waals surface area contributed by atoms with Crippen LogP contribution in [0.25, 0.3) is 21.8 Å². The zero-order valence-electron chi connectivity index (χ0n) is 17.1. The van der Waals surface area contributed by atoms with Crippen molar-refractivity contribution >= 4 is 37.5 Å². The highest BCUT2D eigenvalue weighted by Gasteiger charge is 2.57. The summed E-state index contributed by atoms with van der Waals surface area (Å²) in [6.45, 7) is 0. The van der Waals surface area contributed by atoms with Crippen molar-refractivity contribution in [2.24, 2.45) is 17.8 Å². The molecule has 0 saturated heterocycles. The summed E-state index contributed by atoms with van der Waals surface area (Å²) in [6, 6.07) is 9.95. The minimum Gasteiger partial charge on any atom is -0.278 e. The van der Waals surface area contributed by atoms with Crippen LogP contribution in [0, 0.1) is 17.8 Å². The molecule has 0 amide bonds. The summed E-state index contributed by atoms with van der Waals surface area (Å²) < 4.78 is 28.3. The number of hydrogen-bond donors (Lipinski definition) is 2. The van der Waals surface area contributed by atoms with Gasteiger partial charge in [-0.15, -0.1) is 0 Å². The van der Waals surface area contributed by atoms with Crippen LogP contribution in [0.4, 0.5) is 5.69 Å². The van der Waals surface area contributed by atoms with Gasteiger partial charge in [0.15, 0.2) is 0 Å². The highest BCUT2D eigenvalue weighted by molar-refractivity contribution is 7.92. The molecule has 8 heteroatoms. The standard InChI is InChI=1S/C23H23N5O2S/c1-31(29,30)28-19-7-6-18-16(11-25-27-18)22(19)20-12-2-3-13(8-12)21(20)23(28)14-4-5-17-15(9-14)10-24-26-17/h4-7,9-13,20-21,23H,2-3,8H2,1H3,(H,24,26)(H,25,27)/t12?,13?,20-,21+,23-/m0/s1. The molecule has 2 saturated carbocycles. The van der Waals surface area contributed by atoms with Crippen LogP contribution in [0.5, 0.6) is 0 Å². The molecule has 7 nitrogen and oxygen atoms in total. The molecule has 2 unspecified atom stereocenters. The number of nitrogens with one attached hydrogen (secondary N) is 2. The Labute approximate surface area is 179 Å². The van der Waals surface area contributed by atoms with Crippen molar-refractivity contribution in [2.45, 2.75) is 31.2 Å². The molecule has 31 heavy (non-hydrogen) atoms. The van der Waals surface area contributed by atoms with Crippen LogP contribution in [0.2, 0.25) is 0 Å². The van der Waals surface area contributed by atoms with Crippen LogP contribution in [-0.4, -0.2) is 35.1 Å². The largest absolute Gasteiger partial charge is 0.278 e. The maximum Gasteiger partial charge on any atom is 0.232 e. The number of benzene rings is 2. The van der Waals surface area contributed by atoms with E-state index in [0.29, 0.717) is 17.8 Å². The number of fused-ring (bicyclic) bond motifs is 10. The summed E-state index contributed by atoms with van der Waals surface area (Å²) in [6.07, 6.45) is 8.62. The average molecular weight is 434 g/mol. The summed E-state index contributed by atoms with van der Waals surface area (Å²) in [7, 11) is -3.50.